The highest BCUT2D eigenvalue weighted by atomic mass is 32.2. The molecule has 0 spiro atoms. The molecule has 0 saturated carbocycles. The summed E-state index contributed by atoms with van der Waals surface area (Å²) in [6.07, 6.45) is 0. The standard InChI is InChI=1S/C15H12FN3OS/c16-11-5-3-4-10(8-11)9-21-15-18-13-7-2-1-6-12(13)14(20)19(15)17/h1-8H,9,17H2. The largest absolute Gasteiger partial charge is 0.334 e. The Hall–Kier alpha value is -2.34. The van der Waals surface area contributed by atoms with Crippen LogP contribution in [0.3, 0.4) is 0 Å². The van der Waals surface area contributed by atoms with E-state index in [4.69, 9.17) is 5.84 Å². The number of thioether (sulfide) groups is 1. The molecule has 2 N–H and O–H groups in total. The summed E-state index contributed by atoms with van der Waals surface area (Å²) in [4.78, 5) is 16.5. The number of hydrogen-bond donors (Lipinski definition) is 1. The Balaban J connectivity index is 1.94. The molecule has 0 radical (unpaired) electrons. The van der Waals surface area contributed by atoms with Gasteiger partial charge in [0.05, 0.1) is 10.9 Å². The van der Waals surface area contributed by atoms with Crippen molar-refractivity contribution in [2.24, 2.45) is 0 Å². The number of nitrogens with zero attached hydrogens (tertiary/aromatic N) is 2. The Morgan fingerprint density at radius 3 is 2.81 bits per heavy atom. The lowest BCUT2D eigenvalue weighted by molar-refractivity contribution is 0.626. The van der Waals surface area contributed by atoms with Gasteiger partial charge in [0, 0.05) is 5.75 Å². The van der Waals surface area contributed by atoms with E-state index >= 15 is 0 Å². The molecule has 0 aliphatic heterocycles. The second-order valence-corrected chi connectivity index (χ2v) is 5.45. The fourth-order valence-corrected chi connectivity index (χ4v) is 2.86. The van der Waals surface area contributed by atoms with Crippen LogP contribution in [-0.4, -0.2) is 9.66 Å². The smallest absolute Gasteiger partial charge is 0.280 e. The van der Waals surface area contributed by atoms with Crippen LogP contribution in [-0.2, 0) is 5.75 Å². The van der Waals surface area contributed by atoms with Gasteiger partial charge >= 0.3 is 0 Å². The molecule has 0 fully saturated rings. The zero-order valence-electron chi connectivity index (χ0n) is 11.0. The second kappa shape index (κ2) is 5.57. The maximum absolute atomic E-state index is 13.1. The minimum Gasteiger partial charge on any atom is -0.334 e. The van der Waals surface area contributed by atoms with Gasteiger partial charge in [0.15, 0.2) is 5.16 Å². The molecule has 1 aromatic heterocycles. The number of aromatic nitrogens is 2. The summed E-state index contributed by atoms with van der Waals surface area (Å²) in [5.74, 6) is 5.99. The predicted molar refractivity (Wildman–Crippen MR) is 82.1 cm³/mol. The van der Waals surface area contributed by atoms with Crippen LogP contribution in [0.1, 0.15) is 5.56 Å². The van der Waals surface area contributed by atoms with Crippen LogP contribution >= 0.6 is 11.8 Å². The molecule has 21 heavy (non-hydrogen) atoms. The molecular weight excluding hydrogens is 289 g/mol. The zero-order chi connectivity index (χ0) is 14.8. The maximum atomic E-state index is 13.1. The molecule has 0 saturated heterocycles. The first-order valence-electron chi connectivity index (χ1n) is 6.29. The number of nitrogen functional groups attached to an aromatic ring is 1. The van der Waals surface area contributed by atoms with Crippen LogP contribution in [0.2, 0.25) is 0 Å². The van der Waals surface area contributed by atoms with Crippen LogP contribution < -0.4 is 11.4 Å². The van der Waals surface area contributed by atoms with Crippen molar-refractivity contribution in [1.82, 2.24) is 9.66 Å². The molecule has 1 heterocycles. The topological polar surface area (TPSA) is 60.9 Å². The highest BCUT2D eigenvalue weighted by molar-refractivity contribution is 7.98. The van der Waals surface area contributed by atoms with Crippen molar-refractivity contribution in [1.29, 1.82) is 0 Å². The molecule has 0 amide bonds. The number of rotatable bonds is 3. The molecule has 0 unspecified atom stereocenters. The van der Waals surface area contributed by atoms with Gasteiger partial charge in [0.25, 0.3) is 5.56 Å². The van der Waals surface area contributed by atoms with Crippen LogP contribution in [0.5, 0.6) is 0 Å². The number of nitrogens with two attached hydrogens (primary N) is 1. The molecule has 106 valence electrons. The molecule has 4 nitrogen and oxygen atoms in total. The first-order chi connectivity index (χ1) is 10.1. The highest BCUT2D eigenvalue weighted by Crippen LogP contribution is 2.21. The van der Waals surface area contributed by atoms with E-state index in [1.807, 2.05) is 12.1 Å². The third-order valence-electron chi connectivity index (χ3n) is 3.03. The Bertz CT molecular complexity index is 863. The molecular formula is C15H12FN3OS. The minimum atomic E-state index is -0.289. The van der Waals surface area contributed by atoms with Gasteiger partial charge in [-0.2, -0.15) is 0 Å². The number of benzene rings is 2. The Morgan fingerprint density at radius 2 is 2.00 bits per heavy atom. The molecule has 3 aromatic rings. The van der Waals surface area contributed by atoms with Crippen LogP contribution in [0.25, 0.3) is 10.9 Å². The van der Waals surface area contributed by atoms with Crippen LogP contribution in [0, 0.1) is 5.82 Å². The van der Waals surface area contributed by atoms with Gasteiger partial charge in [0.1, 0.15) is 5.82 Å². The molecule has 0 aliphatic rings. The van der Waals surface area contributed by atoms with Crippen molar-refractivity contribution in [3.8, 4) is 0 Å². The van der Waals surface area contributed by atoms with Crippen LogP contribution in [0.15, 0.2) is 58.5 Å². The number of fused-ring (bicyclic) bond motifs is 1. The van der Waals surface area contributed by atoms with Crippen molar-refractivity contribution >= 4 is 22.7 Å². The summed E-state index contributed by atoms with van der Waals surface area (Å²) in [7, 11) is 0. The van der Waals surface area contributed by atoms with Gasteiger partial charge in [-0.15, -0.1) is 0 Å². The van der Waals surface area contributed by atoms with Gasteiger partial charge in [0.2, 0.25) is 0 Å². The fraction of sp³-hybridized carbons (Fsp3) is 0.0667. The van der Waals surface area contributed by atoms with E-state index in [-0.39, 0.29) is 11.4 Å². The Morgan fingerprint density at radius 1 is 1.19 bits per heavy atom. The third-order valence-corrected chi connectivity index (χ3v) is 4.06. The fourth-order valence-electron chi connectivity index (χ4n) is 2.00. The monoisotopic (exact) mass is 301 g/mol. The van der Waals surface area contributed by atoms with Crippen molar-refractivity contribution in [3.63, 3.8) is 0 Å². The second-order valence-electron chi connectivity index (χ2n) is 4.51. The van der Waals surface area contributed by atoms with Gasteiger partial charge in [-0.05, 0) is 29.8 Å². The van der Waals surface area contributed by atoms with E-state index in [1.54, 1.807) is 24.3 Å². The van der Waals surface area contributed by atoms with Gasteiger partial charge in [-0.1, -0.05) is 36.0 Å². The summed E-state index contributed by atoms with van der Waals surface area (Å²) >= 11 is 1.30. The lowest BCUT2D eigenvalue weighted by Gasteiger charge is -2.08. The molecule has 0 bridgehead atoms. The van der Waals surface area contributed by atoms with E-state index in [1.165, 1.54) is 23.9 Å². The lowest BCUT2D eigenvalue weighted by atomic mass is 10.2. The van der Waals surface area contributed by atoms with Gasteiger partial charge in [-0.3, -0.25) is 4.79 Å². The summed E-state index contributed by atoms with van der Waals surface area (Å²) < 4.78 is 14.2. The normalized spacial score (nSPS) is 10.9. The van der Waals surface area contributed by atoms with E-state index in [2.05, 4.69) is 4.98 Å². The van der Waals surface area contributed by atoms with E-state index < -0.39 is 0 Å². The Labute approximate surface area is 124 Å². The first kappa shape index (κ1) is 13.6. The zero-order valence-corrected chi connectivity index (χ0v) is 11.8. The Kier molecular flexibility index (Phi) is 3.62. The van der Waals surface area contributed by atoms with Crippen LogP contribution in [0.4, 0.5) is 4.39 Å². The minimum absolute atomic E-state index is 0.287. The third kappa shape index (κ3) is 2.75. The average Bonchev–Trinajstić information content (AvgIpc) is 2.50. The average molecular weight is 301 g/mol. The van der Waals surface area contributed by atoms with E-state index in [0.717, 1.165) is 10.2 Å². The van der Waals surface area contributed by atoms with Crippen molar-refractivity contribution < 1.29 is 4.39 Å². The molecule has 3 rings (SSSR count). The summed E-state index contributed by atoms with van der Waals surface area (Å²) in [5.41, 5.74) is 1.12. The summed E-state index contributed by atoms with van der Waals surface area (Å²) in [6, 6.07) is 13.3. The SMILES string of the molecule is Nn1c(SCc2cccc(F)c2)nc2ccccc2c1=O. The van der Waals surface area contributed by atoms with E-state index in [9.17, 15) is 9.18 Å². The molecule has 0 atom stereocenters. The maximum Gasteiger partial charge on any atom is 0.280 e. The quantitative estimate of drug-likeness (QED) is 0.459. The highest BCUT2D eigenvalue weighted by Gasteiger charge is 2.09. The molecule has 2 aromatic carbocycles. The lowest BCUT2D eigenvalue weighted by Crippen LogP contribution is -2.29. The number of halogens is 1. The number of para-hydroxylation sites is 1. The van der Waals surface area contributed by atoms with Crippen molar-refractivity contribution in [3.05, 3.63) is 70.3 Å². The summed E-state index contributed by atoms with van der Waals surface area (Å²) in [6.45, 7) is 0. The van der Waals surface area contributed by atoms with Crippen molar-refractivity contribution in [2.45, 2.75) is 10.9 Å². The molecule has 6 heteroatoms. The summed E-state index contributed by atoms with van der Waals surface area (Å²) in [5, 5.41) is 0.887. The predicted octanol–water partition coefficient (Wildman–Crippen LogP) is 2.54. The first-order valence-corrected chi connectivity index (χ1v) is 7.28. The number of hydrogen-bond acceptors (Lipinski definition) is 4. The molecule has 0 aliphatic carbocycles. The van der Waals surface area contributed by atoms with Gasteiger partial charge in [-0.25, -0.2) is 14.1 Å². The van der Waals surface area contributed by atoms with Crippen molar-refractivity contribution in [2.75, 3.05) is 5.84 Å². The van der Waals surface area contributed by atoms with Gasteiger partial charge < -0.3 is 5.84 Å². The van der Waals surface area contributed by atoms with E-state index in [0.29, 0.717) is 21.8 Å².